The van der Waals surface area contributed by atoms with Gasteiger partial charge in [-0.15, -0.1) is 0 Å². The molecule has 0 bridgehead atoms. The predicted molar refractivity (Wildman–Crippen MR) is 120 cm³/mol. The molecule has 4 heteroatoms. The van der Waals surface area contributed by atoms with Gasteiger partial charge in [-0.05, 0) is 23.6 Å². The summed E-state index contributed by atoms with van der Waals surface area (Å²) >= 11 is 0. The van der Waals surface area contributed by atoms with Crippen molar-refractivity contribution < 1.29 is 19.0 Å². The molecule has 0 spiro atoms. The quantitative estimate of drug-likeness (QED) is 0.507. The van der Waals surface area contributed by atoms with Crippen LogP contribution in [-0.4, -0.2) is 24.6 Å². The van der Waals surface area contributed by atoms with Gasteiger partial charge in [0, 0.05) is 6.42 Å². The van der Waals surface area contributed by atoms with Gasteiger partial charge in [0.15, 0.2) is 5.78 Å². The van der Waals surface area contributed by atoms with Gasteiger partial charge in [-0.1, -0.05) is 90.5 Å². The van der Waals surface area contributed by atoms with Crippen molar-refractivity contribution in [2.24, 2.45) is 0 Å². The van der Waals surface area contributed by atoms with Crippen LogP contribution in [0.15, 0.2) is 84.9 Å². The molecule has 1 aliphatic rings. The lowest BCUT2D eigenvalue weighted by atomic mass is 9.94. The second-order valence-corrected chi connectivity index (χ2v) is 7.96. The molecule has 3 atom stereocenters. The van der Waals surface area contributed by atoms with Gasteiger partial charge >= 0.3 is 0 Å². The molecule has 1 aliphatic heterocycles. The Kier molecular flexibility index (Phi) is 7.26. The van der Waals surface area contributed by atoms with Crippen LogP contribution in [0.4, 0.5) is 0 Å². The van der Waals surface area contributed by atoms with Crippen molar-refractivity contribution in [3.63, 3.8) is 0 Å². The van der Waals surface area contributed by atoms with Crippen LogP contribution < -0.4 is 0 Å². The first-order valence-electron chi connectivity index (χ1n) is 10.7. The fourth-order valence-electron chi connectivity index (χ4n) is 3.77. The van der Waals surface area contributed by atoms with E-state index in [1.807, 2.05) is 91.9 Å². The van der Waals surface area contributed by atoms with E-state index in [-0.39, 0.29) is 11.9 Å². The third kappa shape index (κ3) is 5.88. The van der Waals surface area contributed by atoms with Gasteiger partial charge in [-0.25, -0.2) is 0 Å². The third-order valence-corrected chi connectivity index (χ3v) is 5.50. The minimum Gasteiger partial charge on any atom is -0.374 e. The average molecular weight is 417 g/mol. The first-order chi connectivity index (χ1) is 15.2. The zero-order chi connectivity index (χ0) is 21.5. The number of ether oxygens (including phenoxy) is 3. The summed E-state index contributed by atoms with van der Waals surface area (Å²) in [6.07, 6.45) is -1.08. The molecule has 0 radical (unpaired) electrons. The first kappa shape index (κ1) is 21.4. The number of benzene rings is 3. The third-order valence-electron chi connectivity index (χ3n) is 5.50. The molecule has 3 aromatic rings. The first-order valence-corrected chi connectivity index (χ1v) is 10.7. The molecule has 0 aliphatic carbocycles. The van der Waals surface area contributed by atoms with Crippen LogP contribution in [0, 0.1) is 6.92 Å². The van der Waals surface area contributed by atoms with Crippen molar-refractivity contribution in [3.05, 3.63) is 107 Å². The van der Waals surface area contributed by atoms with Crippen molar-refractivity contribution in [2.45, 2.75) is 44.9 Å². The lowest BCUT2D eigenvalue weighted by molar-refractivity contribution is -0.179. The topological polar surface area (TPSA) is 44.8 Å². The Balaban J connectivity index is 1.45. The molecule has 31 heavy (non-hydrogen) atoms. The van der Waals surface area contributed by atoms with E-state index in [1.165, 1.54) is 5.56 Å². The molecule has 0 amide bonds. The van der Waals surface area contributed by atoms with E-state index >= 15 is 0 Å². The lowest BCUT2D eigenvalue weighted by Gasteiger charge is -2.35. The van der Waals surface area contributed by atoms with Crippen LogP contribution in [0.25, 0.3) is 0 Å². The normalized spacial score (nSPS) is 21.2. The summed E-state index contributed by atoms with van der Waals surface area (Å²) < 4.78 is 18.3. The zero-order valence-corrected chi connectivity index (χ0v) is 17.8. The van der Waals surface area contributed by atoms with E-state index < -0.39 is 12.2 Å². The molecule has 0 N–H and O–H groups in total. The molecule has 4 nitrogen and oxygen atoms in total. The molecule has 0 unspecified atom stereocenters. The minimum atomic E-state index is -0.641. The fraction of sp³-hybridized carbons (Fsp3) is 0.296. The van der Waals surface area contributed by atoms with Crippen molar-refractivity contribution in [1.82, 2.24) is 0 Å². The molecular formula is C27H28O4. The van der Waals surface area contributed by atoms with Gasteiger partial charge in [0.1, 0.15) is 12.2 Å². The summed E-state index contributed by atoms with van der Waals surface area (Å²) in [5.74, 6) is 0.0565. The second kappa shape index (κ2) is 10.5. The minimum absolute atomic E-state index is 0.0565. The molecule has 0 aromatic heterocycles. The van der Waals surface area contributed by atoms with E-state index in [4.69, 9.17) is 14.2 Å². The van der Waals surface area contributed by atoms with Crippen LogP contribution in [0.1, 0.15) is 34.8 Å². The summed E-state index contributed by atoms with van der Waals surface area (Å²) in [6, 6.07) is 28.0. The Morgan fingerprint density at radius 1 is 0.839 bits per heavy atom. The maximum Gasteiger partial charge on any atom is 0.167 e. The van der Waals surface area contributed by atoms with Gasteiger partial charge in [0.25, 0.3) is 0 Å². The molecule has 0 saturated carbocycles. The lowest BCUT2D eigenvalue weighted by Crippen LogP contribution is -2.46. The Morgan fingerprint density at radius 2 is 1.45 bits per heavy atom. The highest BCUT2D eigenvalue weighted by molar-refractivity contribution is 5.85. The standard InChI is InChI=1S/C27H28O4/c1-20-12-14-23(15-13-20)25-16-24(28)27(30-18-22-10-6-3-7-11-22)26(31-25)19-29-17-21-8-4-2-5-9-21/h2-15,25-27H,16-19H2,1H3/t25-,26-,27+/m1/s1. The van der Waals surface area contributed by atoms with Crippen LogP contribution in [0.2, 0.25) is 0 Å². The predicted octanol–water partition coefficient (Wildman–Crippen LogP) is 5.20. The second-order valence-electron chi connectivity index (χ2n) is 7.96. The Morgan fingerprint density at radius 3 is 2.10 bits per heavy atom. The summed E-state index contributed by atoms with van der Waals surface area (Å²) in [6.45, 7) is 3.17. The Hall–Kier alpha value is -2.79. The Bertz CT molecular complexity index is 954. The van der Waals surface area contributed by atoms with E-state index in [1.54, 1.807) is 0 Å². The number of carbonyl (C=O) groups is 1. The summed E-state index contributed by atoms with van der Waals surface area (Å²) in [5.41, 5.74) is 4.30. The van der Waals surface area contributed by atoms with Crippen LogP contribution in [-0.2, 0) is 32.2 Å². The maximum absolute atomic E-state index is 13.0. The summed E-state index contributed by atoms with van der Waals surface area (Å²) in [4.78, 5) is 13.0. The van der Waals surface area contributed by atoms with E-state index in [0.717, 1.165) is 16.7 Å². The molecule has 160 valence electrons. The largest absolute Gasteiger partial charge is 0.374 e. The highest BCUT2D eigenvalue weighted by atomic mass is 16.6. The van der Waals surface area contributed by atoms with Crippen molar-refractivity contribution >= 4 is 5.78 Å². The van der Waals surface area contributed by atoms with Crippen molar-refractivity contribution in [2.75, 3.05) is 6.61 Å². The molecule has 4 rings (SSSR count). The molecule has 1 heterocycles. The molecule has 1 saturated heterocycles. The van der Waals surface area contributed by atoms with E-state index in [2.05, 4.69) is 0 Å². The van der Waals surface area contributed by atoms with Crippen LogP contribution in [0.3, 0.4) is 0 Å². The van der Waals surface area contributed by atoms with Gasteiger partial charge in [0.2, 0.25) is 0 Å². The average Bonchev–Trinajstić information content (AvgIpc) is 2.80. The van der Waals surface area contributed by atoms with Crippen LogP contribution >= 0.6 is 0 Å². The van der Waals surface area contributed by atoms with Gasteiger partial charge in [-0.2, -0.15) is 0 Å². The van der Waals surface area contributed by atoms with Gasteiger partial charge < -0.3 is 14.2 Å². The molecule has 3 aromatic carbocycles. The van der Waals surface area contributed by atoms with Gasteiger partial charge in [-0.3, -0.25) is 4.79 Å². The smallest absolute Gasteiger partial charge is 0.167 e. The number of Topliss-reactive ketones (excluding diaryl/α,β-unsaturated/α-hetero) is 1. The highest BCUT2D eigenvalue weighted by Crippen LogP contribution is 2.32. The SMILES string of the molecule is Cc1ccc([C@H]2CC(=O)[C@H](OCc3ccccc3)[C@@H](COCc3ccccc3)O2)cc1. The number of carbonyl (C=O) groups excluding carboxylic acids is 1. The van der Waals surface area contributed by atoms with E-state index in [9.17, 15) is 4.79 Å². The van der Waals surface area contributed by atoms with Crippen LogP contribution in [0.5, 0.6) is 0 Å². The number of hydrogen-bond donors (Lipinski definition) is 0. The van der Waals surface area contributed by atoms with E-state index in [0.29, 0.717) is 26.2 Å². The highest BCUT2D eigenvalue weighted by Gasteiger charge is 2.39. The zero-order valence-electron chi connectivity index (χ0n) is 17.8. The number of aryl methyl sites for hydroxylation is 1. The number of rotatable bonds is 8. The molecule has 1 fully saturated rings. The Labute approximate surface area is 183 Å². The van der Waals surface area contributed by atoms with Crippen molar-refractivity contribution in [3.8, 4) is 0 Å². The molecular weight excluding hydrogens is 388 g/mol. The monoisotopic (exact) mass is 416 g/mol. The number of ketones is 1. The maximum atomic E-state index is 13.0. The summed E-state index contributed by atoms with van der Waals surface area (Å²) in [5, 5.41) is 0. The fourth-order valence-corrected chi connectivity index (χ4v) is 3.77. The van der Waals surface area contributed by atoms with Crippen molar-refractivity contribution in [1.29, 1.82) is 0 Å². The summed E-state index contributed by atoms with van der Waals surface area (Å²) in [7, 11) is 0. The van der Waals surface area contributed by atoms with Gasteiger partial charge in [0.05, 0.1) is 25.9 Å². The number of hydrogen-bond acceptors (Lipinski definition) is 4.